The number of nitrogens with one attached hydrogen (secondary N) is 1. The molecule has 1 unspecified atom stereocenters. The smallest absolute Gasteiger partial charge is 0.255 e. The van der Waals surface area contributed by atoms with Crippen LogP contribution in [0.15, 0.2) is 48.8 Å². The second-order valence-corrected chi connectivity index (χ2v) is 4.88. The second kappa shape index (κ2) is 8.14. The van der Waals surface area contributed by atoms with Gasteiger partial charge in [-0.05, 0) is 37.1 Å². The van der Waals surface area contributed by atoms with Crippen LogP contribution in [0.4, 0.5) is 0 Å². The summed E-state index contributed by atoms with van der Waals surface area (Å²) in [6.07, 6.45) is 4.55. The Bertz CT molecular complexity index is 602. The van der Waals surface area contributed by atoms with Crippen molar-refractivity contribution in [1.82, 2.24) is 10.3 Å². The van der Waals surface area contributed by atoms with Crippen molar-refractivity contribution in [2.75, 3.05) is 6.61 Å². The van der Waals surface area contributed by atoms with E-state index in [1.807, 2.05) is 13.0 Å². The number of ether oxygens (including phenoxy) is 1. The number of rotatable bonds is 7. The van der Waals surface area contributed by atoms with E-state index in [9.17, 15) is 4.79 Å². The number of aliphatic hydroxyl groups is 1. The third-order valence-electron chi connectivity index (χ3n) is 3.30. The Kier molecular flexibility index (Phi) is 5.91. The Morgan fingerprint density at radius 3 is 2.82 bits per heavy atom. The molecular formula is C17H20N2O3. The quantitative estimate of drug-likeness (QED) is 0.825. The molecule has 1 aromatic heterocycles. The Balaban J connectivity index is 2.15. The first kappa shape index (κ1) is 16.0. The lowest BCUT2D eigenvalue weighted by molar-refractivity contribution is 0.0927. The molecule has 2 N–H and O–H groups in total. The SMILES string of the molecule is CCC(CCO)NC(=O)c1ccccc1Oc1cccnc1. The molecule has 116 valence electrons. The van der Waals surface area contributed by atoms with Gasteiger partial charge in [-0.2, -0.15) is 0 Å². The summed E-state index contributed by atoms with van der Waals surface area (Å²) in [6, 6.07) is 10.6. The average molecular weight is 300 g/mol. The molecule has 22 heavy (non-hydrogen) atoms. The highest BCUT2D eigenvalue weighted by molar-refractivity contribution is 5.97. The van der Waals surface area contributed by atoms with Gasteiger partial charge in [0.15, 0.2) is 0 Å². The Morgan fingerprint density at radius 2 is 2.14 bits per heavy atom. The van der Waals surface area contributed by atoms with Gasteiger partial charge in [-0.15, -0.1) is 0 Å². The van der Waals surface area contributed by atoms with Gasteiger partial charge >= 0.3 is 0 Å². The van der Waals surface area contributed by atoms with Gasteiger partial charge < -0.3 is 15.2 Å². The number of amides is 1. The van der Waals surface area contributed by atoms with Crippen LogP contribution in [0.1, 0.15) is 30.1 Å². The first-order valence-corrected chi connectivity index (χ1v) is 7.33. The van der Waals surface area contributed by atoms with E-state index in [0.717, 1.165) is 6.42 Å². The van der Waals surface area contributed by atoms with Crippen LogP contribution in [0.5, 0.6) is 11.5 Å². The maximum atomic E-state index is 12.4. The van der Waals surface area contributed by atoms with E-state index in [2.05, 4.69) is 10.3 Å². The Morgan fingerprint density at radius 1 is 1.32 bits per heavy atom. The summed E-state index contributed by atoms with van der Waals surface area (Å²) in [7, 11) is 0. The lowest BCUT2D eigenvalue weighted by atomic mass is 10.1. The van der Waals surface area contributed by atoms with E-state index in [-0.39, 0.29) is 18.6 Å². The van der Waals surface area contributed by atoms with Gasteiger partial charge in [0.2, 0.25) is 0 Å². The molecule has 0 fully saturated rings. The molecule has 1 amide bonds. The molecule has 0 aliphatic heterocycles. The molecule has 5 heteroatoms. The van der Waals surface area contributed by atoms with Crippen LogP contribution in [-0.4, -0.2) is 28.6 Å². The number of aromatic nitrogens is 1. The number of pyridine rings is 1. The Labute approximate surface area is 130 Å². The van der Waals surface area contributed by atoms with Crippen LogP contribution in [0.3, 0.4) is 0 Å². The van der Waals surface area contributed by atoms with E-state index >= 15 is 0 Å². The first-order chi connectivity index (χ1) is 10.7. The number of para-hydroxylation sites is 1. The molecule has 0 aliphatic carbocycles. The maximum Gasteiger partial charge on any atom is 0.255 e. The van der Waals surface area contributed by atoms with Gasteiger partial charge in [0.05, 0.1) is 11.8 Å². The van der Waals surface area contributed by atoms with Crippen molar-refractivity contribution in [3.05, 3.63) is 54.4 Å². The van der Waals surface area contributed by atoms with Crippen LogP contribution in [-0.2, 0) is 0 Å². The second-order valence-electron chi connectivity index (χ2n) is 4.88. The summed E-state index contributed by atoms with van der Waals surface area (Å²) in [5.41, 5.74) is 0.461. The molecule has 0 bridgehead atoms. The fourth-order valence-electron chi connectivity index (χ4n) is 2.07. The predicted octanol–water partition coefficient (Wildman–Crippen LogP) is 2.76. The van der Waals surface area contributed by atoms with Gasteiger partial charge in [0.1, 0.15) is 11.5 Å². The monoisotopic (exact) mass is 300 g/mol. The fourth-order valence-corrected chi connectivity index (χ4v) is 2.07. The maximum absolute atomic E-state index is 12.4. The molecule has 2 aromatic rings. The van der Waals surface area contributed by atoms with Crippen molar-refractivity contribution >= 4 is 5.91 Å². The van der Waals surface area contributed by atoms with E-state index < -0.39 is 0 Å². The zero-order valence-corrected chi connectivity index (χ0v) is 12.5. The predicted molar refractivity (Wildman–Crippen MR) is 84.0 cm³/mol. The van der Waals surface area contributed by atoms with Crippen LogP contribution < -0.4 is 10.1 Å². The number of carbonyl (C=O) groups excluding carboxylic acids is 1. The molecule has 0 spiro atoms. The van der Waals surface area contributed by atoms with E-state index in [0.29, 0.717) is 23.5 Å². The van der Waals surface area contributed by atoms with Crippen molar-refractivity contribution in [2.45, 2.75) is 25.8 Å². The third-order valence-corrected chi connectivity index (χ3v) is 3.30. The molecule has 2 rings (SSSR count). The van der Waals surface area contributed by atoms with E-state index in [1.165, 1.54) is 0 Å². The summed E-state index contributed by atoms with van der Waals surface area (Å²) < 4.78 is 5.73. The number of nitrogens with zero attached hydrogens (tertiary/aromatic N) is 1. The van der Waals surface area contributed by atoms with Crippen LogP contribution in [0.25, 0.3) is 0 Å². The summed E-state index contributed by atoms with van der Waals surface area (Å²) in [4.78, 5) is 16.4. The van der Waals surface area contributed by atoms with Crippen molar-refractivity contribution in [3.8, 4) is 11.5 Å². The molecule has 0 saturated carbocycles. The van der Waals surface area contributed by atoms with Gasteiger partial charge in [-0.3, -0.25) is 9.78 Å². The van der Waals surface area contributed by atoms with Gasteiger partial charge in [-0.1, -0.05) is 19.1 Å². The summed E-state index contributed by atoms with van der Waals surface area (Å²) >= 11 is 0. The molecule has 1 heterocycles. The molecular weight excluding hydrogens is 280 g/mol. The average Bonchev–Trinajstić information content (AvgIpc) is 2.55. The summed E-state index contributed by atoms with van der Waals surface area (Å²) in [5, 5.41) is 11.9. The molecule has 1 atom stereocenters. The minimum atomic E-state index is -0.209. The topological polar surface area (TPSA) is 71.5 Å². The highest BCUT2D eigenvalue weighted by Crippen LogP contribution is 2.24. The molecule has 0 saturated heterocycles. The standard InChI is InChI=1S/C17H20N2O3/c1-2-13(9-11-20)19-17(21)15-7-3-4-8-16(15)22-14-6-5-10-18-12-14/h3-8,10,12-13,20H,2,9,11H2,1H3,(H,19,21). The lowest BCUT2D eigenvalue weighted by Crippen LogP contribution is -2.35. The number of carbonyl (C=O) groups is 1. The number of benzene rings is 1. The summed E-state index contributed by atoms with van der Waals surface area (Å²) in [6.45, 7) is 2.02. The summed E-state index contributed by atoms with van der Waals surface area (Å²) in [5.74, 6) is 0.844. The zero-order valence-electron chi connectivity index (χ0n) is 12.5. The van der Waals surface area contributed by atoms with Crippen LogP contribution >= 0.6 is 0 Å². The first-order valence-electron chi connectivity index (χ1n) is 7.33. The van der Waals surface area contributed by atoms with E-state index in [4.69, 9.17) is 9.84 Å². The van der Waals surface area contributed by atoms with E-state index in [1.54, 1.807) is 42.7 Å². The van der Waals surface area contributed by atoms with Crippen LogP contribution in [0.2, 0.25) is 0 Å². The van der Waals surface area contributed by atoms with Crippen LogP contribution in [0, 0.1) is 0 Å². The Hall–Kier alpha value is -2.40. The number of aliphatic hydroxyl groups excluding tert-OH is 1. The molecule has 0 aliphatic rings. The normalized spacial score (nSPS) is 11.7. The zero-order chi connectivity index (χ0) is 15.8. The van der Waals surface area contributed by atoms with Crippen molar-refractivity contribution < 1.29 is 14.6 Å². The van der Waals surface area contributed by atoms with Crippen molar-refractivity contribution in [1.29, 1.82) is 0 Å². The van der Waals surface area contributed by atoms with Gasteiger partial charge in [0, 0.05) is 18.8 Å². The van der Waals surface area contributed by atoms with Gasteiger partial charge in [-0.25, -0.2) is 0 Å². The number of hydrogen-bond acceptors (Lipinski definition) is 4. The highest BCUT2D eigenvalue weighted by atomic mass is 16.5. The third kappa shape index (κ3) is 4.30. The van der Waals surface area contributed by atoms with Crippen molar-refractivity contribution in [2.24, 2.45) is 0 Å². The van der Waals surface area contributed by atoms with Crippen molar-refractivity contribution in [3.63, 3.8) is 0 Å². The molecule has 5 nitrogen and oxygen atoms in total. The fraction of sp³-hybridized carbons (Fsp3) is 0.294. The molecule has 1 aromatic carbocycles. The van der Waals surface area contributed by atoms with Gasteiger partial charge in [0.25, 0.3) is 5.91 Å². The highest BCUT2D eigenvalue weighted by Gasteiger charge is 2.16. The lowest BCUT2D eigenvalue weighted by Gasteiger charge is -2.17. The minimum Gasteiger partial charge on any atom is -0.455 e. The largest absolute Gasteiger partial charge is 0.455 e. The minimum absolute atomic E-state index is 0.0482. The molecule has 0 radical (unpaired) electrons. The number of hydrogen-bond donors (Lipinski definition) is 2.